The summed E-state index contributed by atoms with van der Waals surface area (Å²) >= 11 is 19.3. The molecular formula is C39H47Cl3N2O6. The Kier molecular flexibility index (Phi) is 12.9. The van der Waals surface area contributed by atoms with Crippen LogP contribution >= 0.6 is 34.8 Å². The highest BCUT2D eigenvalue weighted by atomic mass is 35.5. The zero-order valence-electron chi connectivity index (χ0n) is 29.5. The molecule has 5 rings (SSSR count). The molecule has 1 aliphatic heterocycles. The van der Waals surface area contributed by atoms with Gasteiger partial charge in [0.1, 0.15) is 24.6 Å². The summed E-state index contributed by atoms with van der Waals surface area (Å²) in [6, 6.07) is 17.6. The molecule has 50 heavy (non-hydrogen) atoms. The van der Waals surface area contributed by atoms with Gasteiger partial charge in [-0.25, -0.2) is 4.79 Å². The SMILES string of the molecule is COCCc1ccc(Cl)c(CN(C(=O)[C@H]2CN(C(=O)OC(C)(C)C)CC[C@@H]2c2ccc(OCCOc3c(Cl)cc(C)cc3Cl)cc2)C2CC2)c1. The van der Waals surface area contributed by atoms with Gasteiger partial charge in [-0.05, 0) is 112 Å². The zero-order chi connectivity index (χ0) is 36.0. The lowest BCUT2D eigenvalue weighted by molar-refractivity contribution is -0.139. The third kappa shape index (κ3) is 10.2. The highest BCUT2D eigenvalue weighted by molar-refractivity contribution is 6.37. The number of methoxy groups -OCH3 is 1. The highest BCUT2D eigenvalue weighted by Gasteiger charge is 2.43. The molecule has 11 heteroatoms. The van der Waals surface area contributed by atoms with Crippen molar-refractivity contribution in [3.05, 3.63) is 91.9 Å². The average Bonchev–Trinajstić information content (AvgIpc) is 3.91. The summed E-state index contributed by atoms with van der Waals surface area (Å²) in [4.78, 5) is 31.5. The Bertz CT molecular complexity index is 1620. The Hall–Kier alpha value is -3.17. The Balaban J connectivity index is 1.31. The normalized spacial score (nSPS) is 17.7. The first-order valence-corrected chi connectivity index (χ1v) is 18.3. The maximum Gasteiger partial charge on any atom is 0.410 e. The summed E-state index contributed by atoms with van der Waals surface area (Å²) in [5.41, 5.74) is 3.35. The zero-order valence-corrected chi connectivity index (χ0v) is 31.7. The number of rotatable bonds is 13. The summed E-state index contributed by atoms with van der Waals surface area (Å²) < 4.78 is 22.8. The number of halogens is 3. The first-order chi connectivity index (χ1) is 23.8. The van der Waals surface area contributed by atoms with Gasteiger partial charge in [0, 0.05) is 37.8 Å². The van der Waals surface area contributed by atoms with Gasteiger partial charge in [0.2, 0.25) is 5.91 Å². The lowest BCUT2D eigenvalue weighted by Gasteiger charge is -2.40. The summed E-state index contributed by atoms with van der Waals surface area (Å²) in [6.07, 6.45) is 2.86. The van der Waals surface area contributed by atoms with Gasteiger partial charge in [0.05, 0.1) is 22.6 Å². The van der Waals surface area contributed by atoms with Crippen LogP contribution < -0.4 is 9.47 Å². The van der Waals surface area contributed by atoms with Crippen molar-refractivity contribution in [1.29, 1.82) is 0 Å². The van der Waals surface area contributed by atoms with Crippen molar-refractivity contribution in [2.45, 2.75) is 77.5 Å². The minimum absolute atomic E-state index is 0.0232. The third-order valence-electron chi connectivity index (χ3n) is 8.95. The molecule has 3 aromatic rings. The Labute approximate surface area is 310 Å². The molecule has 1 aliphatic carbocycles. The lowest BCUT2D eigenvalue weighted by atomic mass is 9.79. The van der Waals surface area contributed by atoms with E-state index in [1.165, 1.54) is 0 Å². The van der Waals surface area contributed by atoms with Gasteiger partial charge in [-0.3, -0.25) is 4.79 Å². The van der Waals surface area contributed by atoms with Crippen molar-refractivity contribution in [3.63, 3.8) is 0 Å². The van der Waals surface area contributed by atoms with Gasteiger partial charge in [-0.15, -0.1) is 0 Å². The number of ether oxygens (including phenoxy) is 4. The topological polar surface area (TPSA) is 77.5 Å². The van der Waals surface area contributed by atoms with Gasteiger partial charge < -0.3 is 28.7 Å². The van der Waals surface area contributed by atoms with Crippen LogP contribution in [0, 0.1) is 12.8 Å². The molecule has 2 fully saturated rings. The second kappa shape index (κ2) is 16.9. The standard InChI is InChI=1S/C39H47Cl3N2O6/c1-25-20-34(41)36(35(42)21-25)49-19-18-48-30-11-7-27(8-12-30)31-14-16-43(38(46)50-39(2,3)4)24-32(31)37(45)44(29-9-10-29)23-28-22-26(15-17-47-5)6-13-33(28)40/h6-8,11-13,20-22,29,31-32H,9-10,14-19,23-24H2,1-5H3/t31-,32+/m1/s1. The fourth-order valence-electron chi connectivity index (χ4n) is 6.33. The second-order valence-electron chi connectivity index (χ2n) is 14.1. The average molecular weight is 746 g/mol. The molecule has 0 spiro atoms. The Morgan fingerprint density at radius 2 is 1.56 bits per heavy atom. The third-order valence-corrected chi connectivity index (χ3v) is 9.88. The summed E-state index contributed by atoms with van der Waals surface area (Å²) in [5.74, 6) is 0.573. The minimum atomic E-state index is -0.641. The largest absolute Gasteiger partial charge is 0.490 e. The van der Waals surface area contributed by atoms with E-state index in [1.54, 1.807) is 24.1 Å². The number of nitrogens with zero attached hydrogens (tertiary/aromatic N) is 2. The fraction of sp³-hybridized carbons (Fsp3) is 0.487. The first-order valence-electron chi connectivity index (χ1n) is 17.2. The highest BCUT2D eigenvalue weighted by Crippen LogP contribution is 2.39. The molecule has 1 saturated carbocycles. The lowest BCUT2D eigenvalue weighted by Crippen LogP contribution is -2.51. The van der Waals surface area contributed by atoms with Crippen molar-refractivity contribution in [3.8, 4) is 11.5 Å². The van der Waals surface area contributed by atoms with Crippen LogP contribution in [0.25, 0.3) is 0 Å². The molecule has 0 unspecified atom stereocenters. The van der Waals surface area contributed by atoms with Crippen LogP contribution in [0.4, 0.5) is 4.79 Å². The molecule has 2 aliphatic rings. The molecule has 2 atom stereocenters. The molecule has 1 saturated heterocycles. The van der Waals surface area contributed by atoms with Crippen LogP contribution in [0.15, 0.2) is 54.6 Å². The Morgan fingerprint density at radius 3 is 2.20 bits per heavy atom. The molecule has 2 amide bonds. The molecule has 3 aromatic carbocycles. The van der Waals surface area contributed by atoms with Crippen molar-refractivity contribution in [2.24, 2.45) is 5.92 Å². The van der Waals surface area contributed by atoms with E-state index >= 15 is 0 Å². The van der Waals surface area contributed by atoms with Crippen LogP contribution in [0.3, 0.4) is 0 Å². The maximum absolute atomic E-state index is 14.6. The predicted octanol–water partition coefficient (Wildman–Crippen LogP) is 9.13. The number of hydrogen-bond donors (Lipinski definition) is 0. The van der Waals surface area contributed by atoms with E-state index in [9.17, 15) is 9.59 Å². The number of aryl methyl sites for hydroxylation is 1. The number of carbonyl (C=O) groups is 2. The van der Waals surface area contributed by atoms with Gasteiger partial charge in [-0.1, -0.05) is 59.1 Å². The molecule has 8 nitrogen and oxygen atoms in total. The van der Waals surface area contributed by atoms with Gasteiger partial charge in [0.25, 0.3) is 0 Å². The Morgan fingerprint density at radius 1 is 0.880 bits per heavy atom. The van der Waals surface area contributed by atoms with E-state index in [2.05, 4.69) is 6.07 Å². The van der Waals surface area contributed by atoms with Crippen LogP contribution in [-0.4, -0.2) is 73.5 Å². The van der Waals surface area contributed by atoms with Crippen molar-refractivity contribution < 1.29 is 28.5 Å². The summed E-state index contributed by atoms with van der Waals surface area (Å²) in [6.45, 7) is 9.79. The van der Waals surface area contributed by atoms with Gasteiger partial charge in [0.15, 0.2) is 5.75 Å². The number of likely N-dealkylation sites (tertiary alicyclic amines) is 1. The van der Waals surface area contributed by atoms with E-state index in [0.29, 0.717) is 59.3 Å². The van der Waals surface area contributed by atoms with Crippen LogP contribution in [-0.2, 0) is 27.2 Å². The molecular weight excluding hydrogens is 699 g/mol. The van der Waals surface area contributed by atoms with E-state index in [1.807, 2.05) is 69.0 Å². The fourth-order valence-corrected chi connectivity index (χ4v) is 7.21. The molecule has 1 heterocycles. The second-order valence-corrected chi connectivity index (χ2v) is 15.3. The van der Waals surface area contributed by atoms with Crippen LogP contribution in [0.2, 0.25) is 15.1 Å². The smallest absolute Gasteiger partial charge is 0.410 e. The summed E-state index contributed by atoms with van der Waals surface area (Å²) in [5, 5.41) is 1.55. The first kappa shape index (κ1) is 38.1. The van der Waals surface area contributed by atoms with Crippen LogP contribution in [0.5, 0.6) is 11.5 Å². The molecule has 270 valence electrons. The van der Waals surface area contributed by atoms with Gasteiger partial charge >= 0.3 is 6.09 Å². The van der Waals surface area contributed by atoms with E-state index < -0.39 is 17.6 Å². The minimum Gasteiger partial charge on any atom is -0.490 e. The van der Waals surface area contributed by atoms with Crippen molar-refractivity contribution in [2.75, 3.05) is 40.0 Å². The predicted molar refractivity (Wildman–Crippen MR) is 198 cm³/mol. The number of piperidine rings is 1. The van der Waals surface area contributed by atoms with Crippen LogP contribution in [0.1, 0.15) is 68.2 Å². The monoisotopic (exact) mass is 744 g/mol. The molecule has 0 bridgehead atoms. The van der Waals surface area contributed by atoms with E-state index in [-0.39, 0.29) is 31.0 Å². The van der Waals surface area contributed by atoms with E-state index in [4.69, 9.17) is 53.8 Å². The van der Waals surface area contributed by atoms with Gasteiger partial charge in [-0.2, -0.15) is 0 Å². The number of amides is 2. The number of carbonyl (C=O) groups excluding carboxylic acids is 2. The van der Waals surface area contributed by atoms with E-state index in [0.717, 1.165) is 41.5 Å². The van der Waals surface area contributed by atoms with Crippen molar-refractivity contribution >= 4 is 46.8 Å². The quantitative estimate of drug-likeness (QED) is 0.163. The summed E-state index contributed by atoms with van der Waals surface area (Å²) in [7, 11) is 1.68. The number of benzene rings is 3. The number of hydrogen-bond acceptors (Lipinski definition) is 6. The molecule has 0 N–H and O–H groups in total. The molecule has 0 radical (unpaired) electrons. The maximum atomic E-state index is 14.6. The van der Waals surface area contributed by atoms with Crippen molar-refractivity contribution in [1.82, 2.24) is 9.80 Å². The molecule has 0 aromatic heterocycles.